The molecule has 0 unspecified atom stereocenters. The van der Waals surface area contributed by atoms with Crippen LogP contribution >= 0.6 is 0 Å². The van der Waals surface area contributed by atoms with Crippen molar-refractivity contribution in [2.45, 2.75) is 66.9 Å². The van der Waals surface area contributed by atoms with Gasteiger partial charge >= 0.3 is 0 Å². The fourth-order valence-corrected chi connectivity index (χ4v) is 2.67. The summed E-state index contributed by atoms with van der Waals surface area (Å²) in [5.74, 6) is -0.0866. The summed E-state index contributed by atoms with van der Waals surface area (Å²) in [4.78, 5) is 12.6. The molecule has 0 spiro atoms. The molecule has 1 aromatic rings. The molecule has 0 aliphatic rings. The van der Waals surface area contributed by atoms with Crippen LogP contribution < -0.4 is 5.32 Å². The molecule has 0 aliphatic heterocycles. The molecule has 3 nitrogen and oxygen atoms in total. The van der Waals surface area contributed by atoms with E-state index in [0.717, 1.165) is 16.7 Å². The van der Waals surface area contributed by atoms with Gasteiger partial charge < -0.3 is 10.4 Å². The Labute approximate surface area is 128 Å². The fraction of sp³-hybridized carbons (Fsp3) is 0.611. The van der Waals surface area contributed by atoms with E-state index in [1.165, 1.54) is 16.7 Å². The first-order valence-electron chi connectivity index (χ1n) is 7.76. The number of aliphatic hydroxyl groups is 1. The number of hydrogen-bond donors (Lipinski definition) is 2. The molecule has 2 N–H and O–H groups in total. The molecule has 21 heavy (non-hydrogen) atoms. The average molecular weight is 291 g/mol. The van der Waals surface area contributed by atoms with Crippen LogP contribution in [0.3, 0.4) is 0 Å². The largest absolute Gasteiger partial charge is 0.388 e. The van der Waals surface area contributed by atoms with Crippen LogP contribution in [0.25, 0.3) is 0 Å². The van der Waals surface area contributed by atoms with Gasteiger partial charge in [-0.05, 0) is 75.3 Å². The SMILES string of the molecule is CCC(O)(CC)CNC(=O)c1c(C)c(C)c(C)c(C)c1C. The maximum atomic E-state index is 12.6. The Kier molecular flexibility index (Phi) is 5.57. The zero-order valence-corrected chi connectivity index (χ0v) is 14.5. The van der Waals surface area contributed by atoms with Crippen LogP contribution in [0.15, 0.2) is 0 Å². The Bertz CT molecular complexity index is 514. The summed E-state index contributed by atoms with van der Waals surface area (Å²) in [6.07, 6.45) is 1.27. The molecule has 0 aromatic heterocycles. The Morgan fingerprint density at radius 1 is 0.905 bits per heavy atom. The minimum Gasteiger partial charge on any atom is -0.388 e. The molecule has 1 aromatic carbocycles. The molecule has 0 fully saturated rings. The topological polar surface area (TPSA) is 49.3 Å². The van der Waals surface area contributed by atoms with Crippen molar-refractivity contribution in [3.8, 4) is 0 Å². The zero-order valence-electron chi connectivity index (χ0n) is 14.5. The zero-order chi connectivity index (χ0) is 16.4. The summed E-state index contributed by atoms with van der Waals surface area (Å²) in [6, 6.07) is 0. The van der Waals surface area contributed by atoms with E-state index in [-0.39, 0.29) is 5.91 Å². The summed E-state index contributed by atoms with van der Waals surface area (Å²) in [6.45, 7) is 14.4. The van der Waals surface area contributed by atoms with Crippen molar-refractivity contribution in [3.05, 3.63) is 33.4 Å². The summed E-state index contributed by atoms with van der Waals surface area (Å²) in [7, 11) is 0. The van der Waals surface area contributed by atoms with E-state index in [0.29, 0.717) is 19.4 Å². The number of hydrogen-bond acceptors (Lipinski definition) is 2. The van der Waals surface area contributed by atoms with Gasteiger partial charge in [-0.1, -0.05) is 13.8 Å². The van der Waals surface area contributed by atoms with Crippen LogP contribution in [0, 0.1) is 34.6 Å². The lowest BCUT2D eigenvalue weighted by molar-refractivity contribution is 0.0313. The van der Waals surface area contributed by atoms with Gasteiger partial charge in [0, 0.05) is 12.1 Å². The van der Waals surface area contributed by atoms with Gasteiger partial charge in [0.05, 0.1) is 5.60 Å². The van der Waals surface area contributed by atoms with Gasteiger partial charge in [-0.15, -0.1) is 0 Å². The number of rotatable bonds is 5. The number of carbonyl (C=O) groups is 1. The first kappa shape index (κ1) is 17.7. The molecule has 3 heteroatoms. The second-order valence-electron chi connectivity index (χ2n) is 6.11. The van der Waals surface area contributed by atoms with Gasteiger partial charge in [0.2, 0.25) is 0 Å². The third-order valence-electron chi connectivity index (χ3n) is 5.12. The van der Waals surface area contributed by atoms with Crippen molar-refractivity contribution in [2.24, 2.45) is 0 Å². The van der Waals surface area contributed by atoms with E-state index in [1.807, 2.05) is 27.7 Å². The number of carbonyl (C=O) groups excluding carboxylic acids is 1. The second kappa shape index (κ2) is 6.61. The standard InChI is InChI=1S/C18H29NO2/c1-8-18(21,9-2)10-19-17(20)16-14(6)12(4)11(3)13(5)15(16)7/h21H,8-10H2,1-7H3,(H,19,20). The predicted molar refractivity (Wildman–Crippen MR) is 88.0 cm³/mol. The third kappa shape index (κ3) is 3.46. The van der Waals surface area contributed by atoms with E-state index in [1.54, 1.807) is 0 Å². The lowest BCUT2D eigenvalue weighted by Gasteiger charge is -2.26. The third-order valence-corrected chi connectivity index (χ3v) is 5.12. The number of nitrogens with one attached hydrogen (secondary N) is 1. The predicted octanol–water partition coefficient (Wildman–Crippen LogP) is 3.51. The summed E-state index contributed by atoms with van der Waals surface area (Å²) >= 11 is 0. The fourth-order valence-electron chi connectivity index (χ4n) is 2.67. The average Bonchev–Trinajstić information content (AvgIpc) is 2.48. The van der Waals surface area contributed by atoms with Crippen molar-refractivity contribution in [3.63, 3.8) is 0 Å². The second-order valence-corrected chi connectivity index (χ2v) is 6.11. The Hall–Kier alpha value is -1.35. The molecular formula is C18H29NO2. The van der Waals surface area contributed by atoms with Crippen molar-refractivity contribution in [1.29, 1.82) is 0 Å². The van der Waals surface area contributed by atoms with E-state index < -0.39 is 5.60 Å². The maximum absolute atomic E-state index is 12.6. The van der Waals surface area contributed by atoms with Crippen LogP contribution in [0.4, 0.5) is 0 Å². The first-order chi connectivity index (χ1) is 9.68. The molecule has 0 saturated carbocycles. The molecule has 0 aliphatic carbocycles. The summed E-state index contributed by atoms with van der Waals surface area (Å²) in [5, 5.41) is 13.2. The lowest BCUT2D eigenvalue weighted by Crippen LogP contribution is -2.42. The highest BCUT2D eigenvalue weighted by Gasteiger charge is 2.24. The monoisotopic (exact) mass is 291 g/mol. The smallest absolute Gasteiger partial charge is 0.251 e. The Balaban J connectivity index is 3.10. The van der Waals surface area contributed by atoms with Crippen molar-refractivity contribution < 1.29 is 9.90 Å². The minimum atomic E-state index is -0.813. The van der Waals surface area contributed by atoms with E-state index >= 15 is 0 Å². The Morgan fingerprint density at radius 2 is 1.29 bits per heavy atom. The molecule has 118 valence electrons. The minimum absolute atomic E-state index is 0.0866. The van der Waals surface area contributed by atoms with Crippen LogP contribution in [-0.4, -0.2) is 23.2 Å². The van der Waals surface area contributed by atoms with Gasteiger partial charge in [-0.25, -0.2) is 0 Å². The summed E-state index contributed by atoms with van der Waals surface area (Å²) in [5.41, 5.74) is 5.60. The molecule has 0 atom stereocenters. The highest BCUT2D eigenvalue weighted by Crippen LogP contribution is 2.26. The molecule has 0 saturated heterocycles. The van der Waals surface area contributed by atoms with Crippen LogP contribution in [0.1, 0.15) is 64.9 Å². The first-order valence-corrected chi connectivity index (χ1v) is 7.76. The van der Waals surface area contributed by atoms with Gasteiger partial charge in [-0.2, -0.15) is 0 Å². The molecule has 1 rings (SSSR count). The molecule has 0 radical (unpaired) electrons. The van der Waals surface area contributed by atoms with E-state index in [9.17, 15) is 9.90 Å². The van der Waals surface area contributed by atoms with E-state index in [4.69, 9.17) is 0 Å². The van der Waals surface area contributed by atoms with Crippen molar-refractivity contribution in [2.75, 3.05) is 6.54 Å². The van der Waals surface area contributed by atoms with Crippen molar-refractivity contribution >= 4 is 5.91 Å². The highest BCUT2D eigenvalue weighted by atomic mass is 16.3. The Morgan fingerprint density at radius 3 is 1.67 bits per heavy atom. The van der Waals surface area contributed by atoms with Gasteiger partial charge in [-0.3, -0.25) is 4.79 Å². The normalized spacial score (nSPS) is 11.6. The van der Waals surface area contributed by atoms with Gasteiger partial charge in [0.25, 0.3) is 5.91 Å². The summed E-state index contributed by atoms with van der Waals surface area (Å²) < 4.78 is 0. The highest BCUT2D eigenvalue weighted by molar-refractivity contribution is 5.98. The quantitative estimate of drug-likeness (QED) is 0.872. The lowest BCUT2D eigenvalue weighted by atomic mass is 9.89. The van der Waals surface area contributed by atoms with Crippen LogP contribution in [0.5, 0.6) is 0 Å². The molecule has 1 amide bonds. The van der Waals surface area contributed by atoms with Crippen molar-refractivity contribution in [1.82, 2.24) is 5.32 Å². The van der Waals surface area contributed by atoms with E-state index in [2.05, 4.69) is 26.1 Å². The van der Waals surface area contributed by atoms with Crippen LogP contribution in [0.2, 0.25) is 0 Å². The number of benzene rings is 1. The molecule has 0 heterocycles. The van der Waals surface area contributed by atoms with Crippen LogP contribution in [-0.2, 0) is 0 Å². The number of amides is 1. The maximum Gasteiger partial charge on any atom is 0.251 e. The molecule has 0 bridgehead atoms. The van der Waals surface area contributed by atoms with Gasteiger partial charge in [0.1, 0.15) is 0 Å². The van der Waals surface area contributed by atoms with Gasteiger partial charge in [0.15, 0.2) is 0 Å². The molecular weight excluding hydrogens is 262 g/mol.